The van der Waals surface area contributed by atoms with Crippen molar-refractivity contribution < 1.29 is 13.9 Å². The van der Waals surface area contributed by atoms with Crippen molar-refractivity contribution in [1.82, 2.24) is 0 Å². The predicted octanol–water partition coefficient (Wildman–Crippen LogP) is 3.45. The van der Waals surface area contributed by atoms with Crippen LogP contribution in [0.2, 0.25) is 0 Å². The lowest BCUT2D eigenvalue weighted by Gasteiger charge is -2.01. The Hall–Kier alpha value is -1.61. The summed E-state index contributed by atoms with van der Waals surface area (Å²) in [5.74, 6) is 0.790. The average molecular weight is 220 g/mol. The summed E-state index contributed by atoms with van der Waals surface area (Å²) in [6.07, 6.45) is -0.649. The Bertz CT molecular complexity index is 500. The molecule has 0 spiro atoms. The standard InChI is InChI=1S/C13H13FO2/c1-8-3-4-10(7-11(8)14)13-6-5-12(16-13)9(2)15/h3-7,9,15H,1-2H3. The van der Waals surface area contributed by atoms with Gasteiger partial charge in [0.05, 0.1) is 0 Å². The van der Waals surface area contributed by atoms with E-state index in [4.69, 9.17) is 4.42 Å². The highest BCUT2D eigenvalue weighted by molar-refractivity contribution is 5.58. The molecule has 1 atom stereocenters. The zero-order valence-corrected chi connectivity index (χ0v) is 9.20. The van der Waals surface area contributed by atoms with Gasteiger partial charge in [0, 0.05) is 5.56 Å². The topological polar surface area (TPSA) is 33.4 Å². The van der Waals surface area contributed by atoms with E-state index in [1.807, 2.05) is 0 Å². The minimum atomic E-state index is -0.649. The Morgan fingerprint density at radius 1 is 1.25 bits per heavy atom. The minimum absolute atomic E-state index is 0.257. The van der Waals surface area contributed by atoms with E-state index in [2.05, 4.69) is 0 Å². The fourth-order valence-electron chi connectivity index (χ4n) is 1.48. The smallest absolute Gasteiger partial charge is 0.134 e. The molecule has 1 unspecified atom stereocenters. The first-order chi connectivity index (χ1) is 7.58. The molecule has 1 aromatic carbocycles. The second-order valence-electron chi connectivity index (χ2n) is 3.84. The normalized spacial score (nSPS) is 12.8. The number of furan rings is 1. The summed E-state index contributed by atoms with van der Waals surface area (Å²) >= 11 is 0. The molecular formula is C13H13FO2. The van der Waals surface area contributed by atoms with Crippen LogP contribution in [-0.4, -0.2) is 5.11 Å². The van der Waals surface area contributed by atoms with Crippen LogP contribution in [0.3, 0.4) is 0 Å². The highest BCUT2D eigenvalue weighted by Crippen LogP contribution is 2.26. The van der Waals surface area contributed by atoms with Crippen LogP contribution in [0.5, 0.6) is 0 Å². The molecule has 1 heterocycles. The Labute approximate surface area is 93.3 Å². The summed E-state index contributed by atoms with van der Waals surface area (Å²) < 4.78 is 18.7. The van der Waals surface area contributed by atoms with E-state index in [0.29, 0.717) is 22.6 Å². The van der Waals surface area contributed by atoms with Crippen LogP contribution in [0, 0.1) is 12.7 Å². The molecular weight excluding hydrogens is 207 g/mol. The fourth-order valence-corrected chi connectivity index (χ4v) is 1.48. The van der Waals surface area contributed by atoms with Gasteiger partial charge < -0.3 is 9.52 Å². The number of hydrogen-bond acceptors (Lipinski definition) is 2. The number of benzene rings is 1. The van der Waals surface area contributed by atoms with Crippen LogP contribution in [0.1, 0.15) is 24.4 Å². The van der Waals surface area contributed by atoms with E-state index in [1.165, 1.54) is 6.07 Å². The Morgan fingerprint density at radius 3 is 2.56 bits per heavy atom. The highest BCUT2D eigenvalue weighted by Gasteiger charge is 2.09. The SMILES string of the molecule is Cc1ccc(-c2ccc(C(C)O)o2)cc1F. The molecule has 1 N–H and O–H groups in total. The molecule has 0 amide bonds. The molecule has 1 aromatic heterocycles. The van der Waals surface area contributed by atoms with E-state index < -0.39 is 6.10 Å². The number of rotatable bonds is 2. The number of hydrogen-bond donors (Lipinski definition) is 1. The van der Waals surface area contributed by atoms with Crippen LogP contribution in [0.25, 0.3) is 11.3 Å². The number of aliphatic hydroxyl groups excluding tert-OH is 1. The molecule has 3 heteroatoms. The fraction of sp³-hybridized carbons (Fsp3) is 0.231. The van der Waals surface area contributed by atoms with Crippen molar-refractivity contribution in [3.8, 4) is 11.3 Å². The zero-order chi connectivity index (χ0) is 11.7. The second-order valence-corrected chi connectivity index (χ2v) is 3.84. The molecule has 0 saturated heterocycles. The van der Waals surface area contributed by atoms with Gasteiger partial charge in [-0.3, -0.25) is 0 Å². The van der Waals surface area contributed by atoms with Gasteiger partial charge in [0.2, 0.25) is 0 Å². The minimum Gasteiger partial charge on any atom is -0.458 e. The van der Waals surface area contributed by atoms with Crippen molar-refractivity contribution >= 4 is 0 Å². The molecule has 0 saturated carbocycles. The number of aliphatic hydroxyl groups is 1. The van der Waals surface area contributed by atoms with Crippen LogP contribution >= 0.6 is 0 Å². The molecule has 0 bridgehead atoms. The van der Waals surface area contributed by atoms with Crippen LogP contribution in [0.4, 0.5) is 4.39 Å². The first kappa shape index (κ1) is 10.9. The maximum Gasteiger partial charge on any atom is 0.134 e. The summed E-state index contributed by atoms with van der Waals surface area (Å²) in [6.45, 7) is 3.33. The van der Waals surface area contributed by atoms with Crippen LogP contribution < -0.4 is 0 Å². The summed E-state index contributed by atoms with van der Waals surface area (Å²) in [5.41, 5.74) is 1.28. The van der Waals surface area contributed by atoms with Crippen LogP contribution in [0.15, 0.2) is 34.7 Å². The zero-order valence-electron chi connectivity index (χ0n) is 9.20. The summed E-state index contributed by atoms with van der Waals surface area (Å²) in [6, 6.07) is 8.35. The van der Waals surface area contributed by atoms with Gasteiger partial charge in [0.1, 0.15) is 23.4 Å². The monoisotopic (exact) mass is 220 g/mol. The van der Waals surface area contributed by atoms with Gasteiger partial charge in [0.15, 0.2) is 0 Å². The molecule has 2 nitrogen and oxygen atoms in total. The van der Waals surface area contributed by atoms with E-state index >= 15 is 0 Å². The molecule has 0 aliphatic carbocycles. The summed E-state index contributed by atoms with van der Waals surface area (Å²) in [5, 5.41) is 9.31. The van der Waals surface area contributed by atoms with Crippen molar-refractivity contribution in [3.05, 3.63) is 47.5 Å². The lowest BCUT2D eigenvalue weighted by molar-refractivity contribution is 0.170. The Morgan fingerprint density at radius 2 is 2.00 bits per heavy atom. The first-order valence-corrected chi connectivity index (χ1v) is 5.12. The summed E-state index contributed by atoms with van der Waals surface area (Å²) in [7, 11) is 0. The third kappa shape index (κ3) is 1.99. The van der Waals surface area contributed by atoms with Crippen molar-refractivity contribution in [3.63, 3.8) is 0 Å². The molecule has 84 valence electrons. The van der Waals surface area contributed by atoms with Gasteiger partial charge in [-0.2, -0.15) is 0 Å². The third-order valence-corrected chi connectivity index (χ3v) is 2.49. The Balaban J connectivity index is 2.39. The number of aryl methyl sites for hydroxylation is 1. The molecule has 0 aliphatic rings. The Kier molecular flexibility index (Phi) is 2.79. The maximum absolute atomic E-state index is 13.3. The van der Waals surface area contributed by atoms with Crippen LogP contribution in [-0.2, 0) is 0 Å². The van der Waals surface area contributed by atoms with E-state index in [-0.39, 0.29) is 5.82 Å². The van der Waals surface area contributed by atoms with Gasteiger partial charge in [0.25, 0.3) is 0 Å². The van der Waals surface area contributed by atoms with E-state index in [0.717, 1.165) is 0 Å². The van der Waals surface area contributed by atoms with Crippen molar-refractivity contribution in [2.75, 3.05) is 0 Å². The molecule has 2 rings (SSSR count). The predicted molar refractivity (Wildman–Crippen MR) is 59.5 cm³/mol. The first-order valence-electron chi connectivity index (χ1n) is 5.12. The van der Waals surface area contributed by atoms with Crippen molar-refractivity contribution in [2.45, 2.75) is 20.0 Å². The summed E-state index contributed by atoms with van der Waals surface area (Å²) in [4.78, 5) is 0. The highest BCUT2D eigenvalue weighted by atomic mass is 19.1. The third-order valence-electron chi connectivity index (χ3n) is 2.49. The van der Waals surface area contributed by atoms with Crippen molar-refractivity contribution in [1.29, 1.82) is 0 Å². The molecule has 16 heavy (non-hydrogen) atoms. The molecule has 2 aromatic rings. The van der Waals surface area contributed by atoms with E-state index in [9.17, 15) is 9.50 Å². The maximum atomic E-state index is 13.3. The number of halogens is 1. The molecule has 0 aliphatic heterocycles. The van der Waals surface area contributed by atoms with Gasteiger partial charge in [-0.1, -0.05) is 12.1 Å². The van der Waals surface area contributed by atoms with Gasteiger partial charge in [-0.05, 0) is 37.6 Å². The largest absolute Gasteiger partial charge is 0.458 e. The average Bonchev–Trinajstić information content (AvgIpc) is 2.71. The van der Waals surface area contributed by atoms with Gasteiger partial charge in [-0.15, -0.1) is 0 Å². The lowest BCUT2D eigenvalue weighted by atomic mass is 10.1. The van der Waals surface area contributed by atoms with E-state index in [1.54, 1.807) is 38.1 Å². The van der Waals surface area contributed by atoms with Gasteiger partial charge >= 0.3 is 0 Å². The van der Waals surface area contributed by atoms with Crippen molar-refractivity contribution in [2.24, 2.45) is 0 Å². The molecule has 0 radical (unpaired) electrons. The second kappa shape index (κ2) is 4.10. The lowest BCUT2D eigenvalue weighted by Crippen LogP contribution is -1.86. The van der Waals surface area contributed by atoms with Gasteiger partial charge in [-0.25, -0.2) is 4.39 Å². The molecule has 0 fully saturated rings. The quantitative estimate of drug-likeness (QED) is 0.840.